The second-order valence-corrected chi connectivity index (χ2v) is 3.83. The number of aliphatic hydroxyl groups is 1. The second-order valence-electron chi connectivity index (χ2n) is 3.83. The molecule has 0 bridgehead atoms. The molecule has 0 aliphatic rings. The van der Waals surface area contributed by atoms with Crippen molar-refractivity contribution in [2.45, 2.75) is 53.1 Å². The normalized spacial score (nSPS) is 13.8. The lowest BCUT2D eigenvalue weighted by Gasteiger charge is -2.39. The van der Waals surface area contributed by atoms with Gasteiger partial charge in [0, 0.05) is 0 Å². The highest BCUT2D eigenvalue weighted by molar-refractivity contribution is 4.86. The van der Waals surface area contributed by atoms with Gasteiger partial charge in [0.15, 0.2) is 0 Å². The zero-order valence-corrected chi connectivity index (χ0v) is 7.86. The van der Waals surface area contributed by atoms with Crippen LogP contribution in [-0.4, -0.2) is 10.7 Å². The summed E-state index contributed by atoms with van der Waals surface area (Å²) in [6, 6.07) is 0. The van der Waals surface area contributed by atoms with Crippen LogP contribution in [0.15, 0.2) is 0 Å². The van der Waals surface area contributed by atoms with E-state index in [2.05, 4.69) is 20.8 Å². The van der Waals surface area contributed by atoms with E-state index in [9.17, 15) is 5.11 Å². The van der Waals surface area contributed by atoms with Crippen LogP contribution in [-0.2, 0) is 0 Å². The lowest BCUT2D eigenvalue weighted by molar-refractivity contribution is -0.0499. The first-order valence-corrected chi connectivity index (χ1v) is 4.09. The van der Waals surface area contributed by atoms with Gasteiger partial charge in [-0.1, -0.05) is 20.8 Å². The molecule has 1 heteroatoms. The highest BCUT2D eigenvalue weighted by atomic mass is 16.3. The Morgan fingerprint density at radius 1 is 1.00 bits per heavy atom. The van der Waals surface area contributed by atoms with Gasteiger partial charge in [-0.2, -0.15) is 0 Å². The number of hydrogen-bond acceptors (Lipinski definition) is 1. The van der Waals surface area contributed by atoms with E-state index in [1.54, 1.807) is 0 Å². The minimum atomic E-state index is -0.545. The minimum Gasteiger partial charge on any atom is -0.390 e. The summed E-state index contributed by atoms with van der Waals surface area (Å²) in [6.45, 7) is 10.2. The number of rotatable bonds is 3. The van der Waals surface area contributed by atoms with Gasteiger partial charge in [-0.15, -0.1) is 0 Å². The summed E-state index contributed by atoms with van der Waals surface area (Å²) in [5, 5.41) is 9.74. The monoisotopic (exact) mass is 144 g/mol. The van der Waals surface area contributed by atoms with Crippen molar-refractivity contribution >= 4 is 0 Å². The molecule has 0 fully saturated rings. The minimum absolute atomic E-state index is 0.0764. The van der Waals surface area contributed by atoms with Crippen molar-refractivity contribution in [3.05, 3.63) is 0 Å². The Morgan fingerprint density at radius 2 is 1.30 bits per heavy atom. The summed E-state index contributed by atoms with van der Waals surface area (Å²) in [7, 11) is 0. The Hall–Kier alpha value is -0.0400. The van der Waals surface area contributed by atoms with Crippen LogP contribution in [0.3, 0.4) is 0 Å². The lowest BCUT2D eigenvalue weighted by atomic mass is 9.71. The zero-order valence-electron chi connectivity index (χ0n) is 7.86. The molecule has 0 aliphatic carbocycles. The van der Waals surface area contributed by atoms with E-state index in [1.807, 2.05) is 13.8 Å². The Kier molecular flexibility index (Phi) is 2.90. The molecule has 1 nitrogen and oxygen atoms in total. The molecule has 1 N–H and O–H groups in total. The molecular formula is C9H20O. The van der Waals surface area contributed by atoms with Crippen LogP contribution in [0.1, 0.15) is 47.5 Å². The highest BCUT2D eigenvalue weighted by Crippen LogP contribution is 2.37. The van der Waals surface area contributed by atoms with E-state index in [0.29, 0.717) is 0 Å². The predicted molar refractivity (Wildman–Crippen MR) is 45.0 cm³/mol. The average Bonchev–Trinajstić information content (AvgIpc) is 1.84. The van der Waals surface area contributed by atoms with Crippen molar-refractivity contribution in [3.63, 3.8) is 0 Å². The van der Waals surface area contributed by atoms with Gasteiger partial charge in [0.25, 0.3) is 0 Å². The zero-order chi connectivity index (χ0) is 8.41. The lowest BCUT2D eigenvalue weighted by Crippen LogP contribution is -2.40. The summed E-state index contributed by atoms with van der Waals surface area (Å²) in [6.07, 6.45) is 2.07. The maximum absolute atomic E-state index is 9.74. The van der Waals surface area contributed by atoms with Gasteiger partial charge in [0.05, 0.1) is 5.60 Å². The van der Waals surface area contributed by atoms with E-state index in [4.69, 9.17) is 0 Å². The molecule has 0 saturated carbocycles. The first-order valence-electron chi connectivity index (χ1n) is 4.09. The molecule has 0 aromatic carbocycles. The molecule has 0 aromatic heterocycles. The van der Waals surface area contributed by atoms with Crippen molar-refractivity contribution in [1.29, 1.82) is 0 Å². The molecule has 0 saturated heterocycles. The smallest absolute Gasteiger partial charge is 0.0644 e. The summed E-state index contributed by atoms with van der Waals surface area (Å²) in [5.41, 5.74) is -0.469. The molecule has 0 rings (SSSR count). The predicted octanol–water partition coefficient (Wildman–Crippen LogP) is 2.58. The molecule has 0 spiro atoms. The summed E-state index contributed by atoms with van der Waals surface area (Å²) >= 11 is 0. The number of hydrogen-bond donors (Lipinski definition) is 1. The third-order valence-electron chi connectivity index (χ3n) is 3.04. The quantitative estimate of drug-likeness (QED) is 0.645. The molecule has 0 amide bonds. The van der Waals surface area contributed by atoms with Crippen molar-refractivity contribution in [2.75, 3.05) is 0 Å². The third-order valence-corrected chi connectivity index (χ3v) is 3.04. The Balaban J connectivity index is 4.33. The summed E-state index contributed by atoms with van der Waals surface area (Å²) in [5.74, 6) is 0. The maximum atomic E-state index is 9.74. The van der Waals surface area contributed by atoms with E-state index < -0.39 is 5.60 Å². The Labute approximate surface area is 64.5 Å². The van der Waals surface area contributed by atoms with Crippen LogP contribution in [0.4, 0.5) is 0 Å². The standard InChI is InChI=1S/C9H20O/c1-6-9(5,7-2)8(3,4)10/h10H,6-7H2,1-5H3. The molecule has 0 unspecified atom stereocenters. The summed E-state index contributed by atoms with van der Waals surface area (Å²) in [4.78, 5) is 0. The SMILES string of the molecule is CCC(C)(CC)C(C)(C)O. The highest BCUT2D eigenvalue weighted by Gasteiger charge is 2.35. The van der Waals surface area contributed by atoms with Gasteiger partial charge in [0.1, 0.15) is 0 Å². The Bertz CT molecular complexity index is 95.8. The van der Waals surface area contributed by atoms with Gasteiger partial charge < -0.3 is 5.11 Å². The maximum Gasteiger partial charge on any atom is 0.0644 e. The largest absolute Gasteiger partial charge is 0.390 e. The van der Waals surface area contributed by atoms with Crippen molar-refractivity contribution in [1.82, 2.24) is 0 Å². The van der Waals surface area contributed by atoms with E-state index in [1.165, 1.54) is 0 Å². The van der Waals surface area contributed by atoms with Crippen molar-refractivity contribution in [3.8, 4) is 0 Å². The van der Waals surface area contributed by atoms with Crippen LogP contribution in [0.25, 0.3) is 0 Å². The van der Waals surface area contributed by atoms with Gasteiger partial charge in [-0.05, 0) is 32.1 Å². The fourth-order valence-electron chi connectivity index (χ4n) is 1.12. The van der Waals surface area contributed by atoms with Crippen molar-refractivity contribution < 1.29 is 5.11 Å². The van der Waals surface area contributed by atoms with Crippen LogP contribution >= 0.6 is 0 Å². The van der Waals surface area contributed by atoms with Crippen LogP contribution in [0.5, 0.6) is 0 Å². The fourth-order valence-corrected chi connectivity index (χ4v) is 1.12. The van der Waals surface area contributed by atoms with Crippen molar-refractivity contribution in [2.24, 2.45) is 5.41 Å². The molecule has 10 heavy (non-hydrogen) atoms. The van der Waals surface area contributed by atoms with Gasteiger partial charge >= 0.3 is 0 Å². The topological polar surface area (TPSA) is 20.2 Å². The van der Waals surface area contributed by atoms with Gasteiger partial charge in [0.2, 0.25) is 0 Å². The fraction of sp³-hybridized carbons (Fsp3) is 1.00. The molecular weight excluding hydrogens is 124 g/mol. The molecule has 0 atom stereocenters. The molecule has 0 radical (unpaired) electrons. The molecule has 0 heterocycles. The van der Waals surface area contributed by atoms with Crippen LogP contribution < -0.4 is 0 Å². The van der Waals surface area contributed by atoms with Gasteiger partial charge in [-0.3, -0.25) is 0 Å². The van der Waals surface area contributed by atoms with Crippen LogP contribution in [0.2, 0.25) is 0 Å². The molecule has 0 aromatic rings. The second kappa shape index (κ2) is 2.91. The van der Waals surface area contributed by atoms with E-state index in [0.717, 1.165) is 12.8 Å². The first kappa shape index (κ1) is 9.96. The molecule has 62 valence electrons. The van der Waals surface area contributed by atoms with Gasteiger partial charge in [-0.25, -0.2) is 0 Å². The summed E-state index contributed by atoms with van der Waals surface area (Å²) < 4.78 is 0. The third kappa shape index (κ3) is 1.72. The average molecular weight is 144 g/mol. The first-order chi connectivity index (χ1) is 4.37. The van der Waals surface area contributed by atoms with Crippen LogP contribution in [0, 0.1) is 5.41 Å². The van der Waals surface area contributed by atoms with E-state index >= 15 is 0 Å². The Morgan fingerprint density at radius 3 is 1.30 bits per heavy atom. The van der Waals surface area contributed by atoms with E-state index in [-0.39, 0.29) is 5.41 Å². The molecule has 0 aliphatic heterocycles.